The Balaban J connectivity index is 2.02. The maximum Gasteiger partial charge on any atom is 0.244 e. The molecule has 0 atom stereocenters. The van der Waals surface area contributed by atoms with Crippen LogP contribution in [0.15, 0.2) is 41.3 Å². The van der Waals surface area contributed by atoms with Crippen LogP contribution in [0.25, 0.3) is 0 Å². The van der Waals surface area contributed by atoms with E-state index in [-0.39, 0.29) is 18.0 Å². The Labute approximate surface area is 143 Å². The van der Waals surface area contributed by atoms with Crippen molar-refractivity contribution in [1.29, 1.82) is 0 Å². The van der Waals surface area contributed by atoms with Crippen molar-refractivity contribution in [3.8, 4) is 11.5 Å². The van der Waals surface area contributed by atoms with Crippen LogP contribution >= 0.6 is 0 Å². The van der Waals surface area contributed by atoms with Crippen LogP contribution in [0.3, 0.4) is 0 Å². The molecule has 130 valence electrons. The van der Waals surface area contributed by atoms with E-state index in [4.69, 9.17) is 9.47 Å². The third-order valence-corrected chi connectivity index (χ3v) is 5.14. The van der Waals surface area contributed by atoms with E-state index in [9.17, 15) is 8.42 Å². The molecule has 6 heteroatoms. The predicted octanol–water partition coefficient (Wildman–Crippen LogP) is 2.98. The quantitative estimate of drug-likeness (QED) is 0.781. The summed E-state index contributed by atoms with van der Waals surface area (Å²) >= 11 is 0. The van der Waals surface area contributed by atoms with Crippen molar-refractivity contribution in [1.82, 2.24) is 4.72 Å². The molecule has 0 saturated carbocycles. The van der Waals surface area contributed by atoms with E-state index < -0.39 is 10.0 Å². The van der Waals surface area contributed by atoms with Crippen LogP contribution in [-0.2, 0) is 10.0 Å². The van der Waals surface area contributed by atoms with Crippen molar-refractivity contribution >= 4 is 10.0 Å². The van der Waals surface area contributed by atoms with Gasteiger partial charge in [-0.1, -0.05) is 24.3 Å². The summed E-state index contributed by atoms with van der Waals surface area (Å²) < 4.78 is 38.3. The van der Waals surface area contributed by atoms with Gasteiger partial charge in [-0.05, 0) is 49.6 Å². The van der Waals surface area contributed by atoms with Crippen molar-refractivity contribution in [3.05, 3.63) is 53.1 Å². The SMILES string of the molecule is COc1ccc(C)cc1S(=O)(=O)NCCOc1c(C)cccc1C. The summed E-state index contributed by atoms with van der Waals surface area (Å²) in [6.45, 7) is 6.18. The Morgan fingerprint density at radius 3 is 2.33 bits per heavy atom. The van der Waals surface area contributed by atoms with E-state index in [1.54, 1.807) is 12.1 Å². The Bertz CT molecular complexity index is 796. The minimum atomic E-state index is -3.66. The van der Waals surface area contributed by atoms with Gasteiger partial charge in [0.15, 0.2) is 0 Å². The molecule has 0 fully saturated rings. The molecule has 0 saturated heterocycles. The van der Waals surface area contributed by atoms with Gasteiger partial charge in [0, 0.05) is 6.54 Å². The number of para-hydroxylation sites is 1. The number of hydrogen-bond donors (Lipinski definition) is 1. The largest absolute Gasteiger partial charge is 0.495 e. The number of ether oxygens (including phenoxy) is 2. The normalized spacial score (nSPS) is 11.3. The average molecular weight is 349 g/mol. The van der Waals surface area contributed by atoms with Crippen LogP contribution < -0.4 is 14.2 Å². The van der Waals surface area contributed by atoms with Crippen LogP contribution in [0.2, 0.25) is 0 Å². The first-order valence-corrected chi connectivity index (χ1v) is 9.17. The summed E-state index contributed by atoms with van der Waals surface area (Å²) in [5, 5.41) is 0. The molecule has 0 aliphatic carbocycles. The second-order valence-electron chi connectivity index (χ2n) is 5.62. The van der Waals surface area contributed by atoms with Gasteiger partial charge in [-0.15, -0.1) is 0 Å². The highest BCUT2D eigenvalue weighted by Crippen LogP contribution is 2.25. The third kappa shape index (κ3) is 4.27. The summed E-state index contributed by atoms with van der Waals surface area (Å²) in [6, 6.07) is 10.9. The van der Waals surface area contributed by atoms with Crippen molar-refractivity contribution < 1.29 is 17.9 Å². The second-order valence-corrected chi connectivity index (χ2v) is 7.36. The van der Waals surface area contributed by atoms with Crippen molar-refractivity contribution in [2.45, 2.75) is 25.7 Å². The predicted molar refractivity (Wildman–Crippen MR) is 94.3 cm³/mol. The molecule has 2 aromatic rings. The van der Waals surface area contributed by atoms with Gasteiger partial charge >= 0.3 is 0 Å². The molecule has 2 rings (SSSR count). The van der Waals surface area contributed by atoms with Gasteiger partial charge in [-0.25, -0.2) is 13.1 Å². The molecule has 0 amide bonds. The first kappa shape index (κ1) is 18.3. The fourth-order valence-electron chi connectivity index (χ4n) is 2.43. The van der Waals surface area contributed by atoms with Crippen LogP contribution in [0.1, 0.15) is 16.7 Å². The number of rotatable bonds is 7. The maximum absolute atomic E-state index is 12.5. The average Bonchev–Trinajstić information content (AvgIpc) is 2.53. The van der Waals surface area contributed by atoms with E-state index in [0.717, 1.165) is 22.4 Å². The smallest absolute Gasteiger partial charge is 0.244 e. The van der Waals surface area contributed by atoms with Crippen LogP contribution in [-0.4, -0.2) is 28.7 Å². The van der Waals surface area contributed by atoms with Gasteiger partial charge in [0.25, 0.3) is 0 Å². The van der Waals surface area contributed by atoms with Crippen molar-refractivity contribution in [3.63, 3.8) is 0 Å². The van der Waals surface area contributed by atoms with Crippen LogP contribution in [0, 0.1) is 20.8 Å². The van der Waals surface area contributed by atoms with Gasteiger partial charge in [-0.3, -0.25) is 0 Å². The van der Waals surface area contributed by atoms with Gasteiger partial charge < -0.3 is 9.47 Å². The van der Waals surface area contributed by atoms with Crippen LogP contribution in [0.5, 0.6) is 11.5 Å². The molecule has 24 heavy (non-hydrogen) atoms. The van der Waals surface area contributed by atoms with E-state index in [2.05, 4.69) is 4.72 Å². The zero-order valence-corrected chi connectivity index (χ0v) is 15.2. The zero-order valence-electron chi connectivity index (χ0n) is 14.4. The van der Waals surface area contributed by atoms with Gasteiger partial charge in [0.1, 0.15) is 23.0 Å². The number of benzene rings is 2. The Morgan fingerprint density at radius 1 is 1.04 bits per heavy atom. The molecule has 0 spiro atoms. The van der Waals surface area contributed by atoms with E-state index in [1.165, 1.54) is 7.11 Å². The number of nitrogens with one attached hydrogen (secondary N) is 1. The molecule has 5 nitrogen and oxygen atoms in total. The first-order valence-electron chi connectivity index (χ1n) is 7.68. The monoisotopic (exact) mass is 349 g/mol. The van der Waals surface area contributed by atoms with Gasteiger partial charge in [-0.2, -0.15) is 0 Å². The van der Waals surface area contributed by atoms with Crippen molar-refractivity contribution in [2.24, 2.45) is 0 Å². The Morgan fingerprint density at radius 2 is 1.71 bits per heavy atom. The molecular weight excluding hydrogens is 326 g/mol. The summed E-state index contributed by atoms with van der Waals surface area (Å²) in [7, 11) is -2.20. The molecule has 0 aliphatic heterocycles. The lowest BCUT2D eigenvalue weighted by Crippen LogP contribution is -2.28. The molecule has 0 bridgehead atoms. The molecule has 0 aromatic heterocycles. The number of sulfonamides is 1. The summed E-state index contributed by atoms with van der Waals surface area (Å²) in [5.41, 5.74) is 2.90. The fourth-order valence-corrected chi connectivity index (χ4v) is 3.69. The molecule has 0 unspecified atom stereocenters. The van der Waals surface area contributed by atoms with Crippen molar-refractivity contribution in [2.75, 3.05) is 20.3 Å². The molecule has 0 radical (unpaired) electrons. The number of aryl methyl sites for hydroxylation is 3. The van der Waals surface area contributed by atoms with Gasteiger partial charge in [0.05, 0.1) is 7.11 Å². The molecule has 1 N–H and O–H groups in total. The van der Waals surface area contributed by atoms with E-state index in [0.29, 0.717) is 5.75 Å². The van der Waals surface area contributed by atoms with Crippen LogP contribution in [0.4, 0.5) is 0 Å². The third-order valence-electron chi connectivity index (χ3n) is 3.66. The standard InChI is InChI=1S/C18H23NO4S/c1-13-8-9-16(22-4)17(12-13)24(20,21)19-10-11-23-18-14(2)6-5-7-15(18)3/h5-9,12,19H,10-11H2,1-4H3. The first-order chi connectivity index (χ1) is 11.3. The van der Waals surface area contributed by atoms with E-state index in [1.807, 2.05) is 45.0 Å². The molecule has 0 heterocycles. The molecular formula is C18H23NO4S. The fraction of sp³-hybridized carbons (Fsp3) is 0.333. The summed E-state index contributed by atoms with van der Waals surface area (Å²) in [5.74, 6) is 1.12. The second kappa shape index (κ2) is 7.68. The Kier molecular flexibility index (Phi) is 5.85. The number of methoxy groups -OCH3 is 1. The molecule has 2 aromatic carbocycles. The highest BCUT2D eigenvalue weighted by atomic mass is 32.2. The van der Waals surface area contributed by atoms with Gasteiger partial charge in [0.2, 0.25) is 10.0 Å². The minimum absolute atomic E-state index is 0.136. The number of hydrogen-bond acceptors (Lipinski definition) is 4. The summed E-state index contributed by atoms with van der Waals surface area (Å²) in [4.78, 5) is 0.136. The lowest BCUT2D eigenvalue weighted by molar-refractivity contribution is 0.318. The summed E-state index contributed by atoms with van der Waals surface area (Å²) in [6.07, 6.45) is 0. The molecule has 0 aliphatic rings. The zero-order chi connectivity index (χ0) is 17.7. The lowest BCUT2D eigenvalue weighted by Gasteiger charge is -2.14. The lowest BCUT2D eigenvalue weighted by atomic mass is 10.1. The topological polar surface area (TPSA) is 64.6 Å². The minimum Gasteiger partial charge on any atom is -0.495 e. The highest BCUT2D eigenvalue weighted by Gasteiger charge is 2.19. The van der Waals surface area contributed by atoms with E-state index >= 15 is 0 Å². The maximum atomic E-state index is 12.5. The highest BCUT2D eigenvalue weighted by molar-refractivity contribution is 7.89. The Hall–Kier alpha value is -2.05.